The minimum absolute atomic E-state index is 0.118. The zero-order valence-corrected chi connectivity index (χ0v) is 13.7. The fourth-order valence-electron chi connectivity index (χ4n) is 2.15. The van der Waals surface area contributed by atoms with Crippen molar-refractivity contribution in [3.63, 3.8) is 0 Å². The number of amides is 1. The Kier molecular flexibility index (Phi) is 5.86. The molecular weight excluding hydrogens is 292 g/mol. The summed E-state index contributed by atoms with van der Waals surface area (Å²) < 4.78 is 10.4. The molecule has 0 saturated heterocycles. The van der Waals surface area contributed by atoms with E-state index in [1.165, 1.54) is 5.56 Å². The zero-order valence-electron chi connectivity index (χ0n) is 13.7. The molecule has 0 aromatic heterocycles. The Labute approximate surface area is 136 Å². The number of carbonyl (C=O) groups is 1. The molecule has 5 nitrogen and oxygen atoms in total. The van der Waals surface area contributed by atoms with E-state index in [9.17, 15) is 4.79 Å². The predicted octanol–water partition coefficient (Wildman–Crippen LogP) is 3.32. The van der Waals surface area contributed by atoms with Gasteiger partial charge in [-0.3, -0.25) is 4.79 Å². The van der Waals surface area contributed by atoms with Crippen LogP contribution in [0.5, 0.6) is 11.5 Å². The number of anilines is 2. The van der Waals surface area contributed by atoms with Gasteiger partial charge in [0.2, 0.25) is 5.91 Å². The zero-order chi connectivity index (χ0) is 16.7. The first kappa shape index (κ1) is 16.7. The van der Waals surface area contributed by atoms with E-state index < -0.39 is 0 Å². The fraction of sp³-hybridized carbons (Fsp3) is 0.278. The summed E-state index contributed by atoms with van der Waals surface area (Å²) in [7, 11) is 3.18. The van der Waals surface area contributed by atoms with Gasteiger partial charge in [-0.2, -0.15) is 0 Å². The first-order chi connectivity index (χ1) is 11.2. The molecule has 2 aromatic carbocycles. The van der Waals surface area contributed by atoms with Crippen LogP contribution < -0.4 is 20.1 Å². The number of ether oxygens (including phenoxy) is 2. The van der Waals surface area contributed by atoms with E-state index >= 15 is 0 Å². The van der Waals surface area contributed by atoms with E-state index in [1.54, 1.807) is 20.3 Å². The molecule has 0 atom stereocenters. The molecule has 0 aliphatic rings. The maximum absolute atomic E-state index is 12.0. The van der Waals surface area contributed by atoms with Crippen molar-refractivity contribution in [1.29, 1.82) is 0 Å². The highest BCUT2D eigenvalue weighted by molar-refractivity contribution is 5.94. The molecule has 0 fully saturated rings. The summed E-state index contributed by atoms with van der Waals surface area (Å²) in [6.45, 7) is 2.25. The second-order valence-electron chi connectivity index (χ2n) is 5.02. The van der Waals surface area contributed by atoms with Crippen molar-refractivity contribution >= 4 is 17.3 Å². The largest absolute Gasteiger partial charge is 0.497 e. The minimum Gasteiger partial charge on any atom is -0.497 e. The van der Waals surface area contributed by atoms with Gasteiger partial charge in [0, 0.05) is 11.8 Å². The predicted molar refractivity (Wildman–Crippen MR) is 92.5 cm³/mol. The monoisotopic (exact) mass is 314 g/mol. The molecule has 0 radical (unpaired) electrons. The van der Waals surface area contributed by atoms with Crippen molar-refractivity contribution in [2.45, 2.75) is 13.3 Å². The molecule has 0 unspecified atom stereocenters. The Bertz CT molecular complexity index is 654. The molecule has 5 heteroatoms. The molecule has 0 spiro atoms. The highest BCUT2D eigenvalue weighted by atomic mass is 16.5. The molecule has 2 N–H and O–H groups in total. The number of rotatable bonds is 7. The van der Waals surface area contributed by atoms with Crippen LogP contribution in [0.1, 0.15) is 12.5 Å². The van der Waals surface area contributed by atoms with Gasteiger partial charge < -0.3 is 20.1 Å². The molecule has 0 aliphatic carbocycles. The van der Waals surface area contributed by atoms with E-state index in [4.69, 9.17) is 9.47 Å². The van der Waals surface area contributed by atoms with Crippen LogP contribution in [-0.2, 0) is 11.2 Å². The minimum atomic E-state index is -0.118. The van der Waals surface area contributed by atoms with Crippen LogP contribution in [0.4, 0.5) is 11.4 Å². The first-order valence-corrected chi connectivity index (χ1v) is 7.51. The second-order valence-corrected chi connectivity index (χ2v) is 5.02. The molecule has 1 amide bonds. The maximum Gasteiger partial charge on any atom is 0.243 e. The van der Waals surface area contributed by atoms with Crippen LogP contribution in [0.2, 0.25) is 0 Å². The van der Waals surface area contributed by atoms with Gasteiger partial charge in [-0.15, -0.1) is 0 Å². The van der Waals surface area contributed by atoms with Crippen LogP contribution in [0.3, 0.4) is 0 Å². The molecule has 0 saturated carbocycles. The first-order valence-electron chi connectivity index (χ1n) is 7.51. The van der Waals surface area contributed by atoms with E-state index in [0.29, 0.717) is 11.5 Å². The van der Waals surface area contributed by atoms with E-state index in [-0.39, 0.29) is 12.5 Å². The van der Waals surface area contributed by atoms with Gasteiger partial charge in [0.05, 0.1) is 26.5 Å². The van der Waals surface area contributed by atoms with Crippen molar-refractivity contribution in [2.75, 3.05) is 31.4 Å². The van der Waals surface area contributed by atoms with Gasteiger partial charge in [-0.05, 0) is 36.2 Å². The molecule has 2 aromatic rings. The van der Waals surface area contributed by atoms with Crippen LogP contribution in [-0.4, -0.2) is 26.7 Å². The van der Waals surface area contributed by atoms with Gasteiger partial charge in [0.15, 0.2) is 0 Å². The van der Waals surface area contributed by atoms with E-state index in [0.717, 1.165) is 17.8 Å². The van der Waals surface area contributed by atoms with E-state index in [1.807, 2.05) is 36.4 Å². The average Bonchev–Trinajstić information content (AvgIpc) is 2.60. The Balaban J connectivity index is 1.93. The number of carbonyl (C=O) groups excluding carboxylic acids is 1. The third kappa shape index (κ3) is 4.64. The summed E-state index contributed by atoms with van der Waals surface area (Å²) >= 11 is 0. The topological polar surface area (TPSA) is 59.6 Å². The highest BCUT2D eigenvalue weighted by Crippen LogP contribution is 2.28. The van der Waals surface area contributed by atoms with Crippen LogP contribution in [0.25, 0.3) is 0 Å². The standard InChI is InChI=1S/C18H22N2O3/c1-4-13-5-7-14(8-6-13)20-18(21)12-19-16-10-9-15(22-2)11-17(16)23-3/h5-11,19H,4,12H2,1-3H3,(H,20,21). The third-order valence-electron chi connectivity index (χ3n) is 3.49. The van der Waals surface area contributed by atoms with E-state index in [2.05, 4.69) is 17.6 Å². The Morgan fingerprint density at radius 1 is 1.04 bits per heavy atom. The van der Waals surface area contributed by atoms with Crippen LogP contribution in [0.15, 0.2) is 42.5 Å². The van der Waals surface area contributed by atoms with Crippen LogP contribution in [0, 0.1) is 0 Å². The number of hydrogen-bond acceptors (Lipinski definition) is 4. The SMILES string of the molecule is CCc1ccc(NC(=O)CNc2ccc(OC)cc2OC)cc1. The summed E-state index contributed by atoms with van der Waals surface area (Å²) in [5.74, 6) is 1.21. The van der Waals surface area contributed by atoms with Crippen LogP contribution >= 0.6 is 0 Å². The lowest BCUT2D eigenvalue weighted by atomic mass is 10.1. The molecule has 122 valence electrons. The number of hydrogen-bond donors (Lipinski definition) is 2. The second kappa shape index (κ2) is 8.08. The molecule has 23 heavy (non-hydrogen) atoms. The Morgan fingerprint density at radius 2 is 1.78 bits per heavy atom. The number of benzene rings is 2. The van der Waals surface area contributed by atoms with Gasteiger partial charge >= 0.3 is 0 Å². The molecular formula is C18H22N2O3. The number of methoxy groups -OCH3 is 2. The fourth-order valence-corrected chi connectivity index (χ4v) is 2.15. The Morgan fingerprint density at radius 3 is 2.39 bits per heavy atom. The summed E-state index contributed by atoms with van der Waals surface area (Å²) in [5.41, 5.74) is 2.77. The number of nitrogens with one attached hydrogen (secondary N) is 2. The number of aryl methyl sites for hydroxylation is 1. The van der Waals surface area contributed by atoms with Crippen molar-refractivity contribution in [1.82, 2.24) is 0 Å². The summed E-state index contributed by atoms with van der Waals surface area (Å²) in [6, 6.07) is 13.2. The van der Waals surface area contributed by atoms with Gasteiger partial charge in [0.25, 0.3) is 0 Å². The third-order valence-corrected chi connectivity index (χ3v) is 3.49. The van der Waals surface area contributed by atoms with Crippen molar-refractivity contribution < 1.29 is 14.3 Å². The molecule has 2 rings (SSSR count). The summed E-state index contributed by atoms with van der Waals surface area (Å²) in [5, 5.41) is 5.92. The normalized spacial score (nSPS) is 10.0. The van der Waals surface area contributed by atoms with Gasteiger partial charge in [-0.1, -0.05) is 19.1 Å². The highest BCUT2D eigenvalue weighted by Gasteiger charge is 2.07. The lowest BCUT2D eigenvalue weighted by Gasteiger charge is -2.12. The average molecular weight is 314 g/mol. The quantitative estimate of drug-likeness (QED) is 0.823. The lowest BCUT2D eigenvalue weighted by molar-refractivity contribution is -0.114. The van der Waals surface area contributed by atoms with Crippen molar-refractivity contribution in [2.24, 2.45) is 0 Å². The molecule has 0 heterocycles. The Hall–Kier alpha value is -2.69. The summed E-state index contributed by atoms with van der Waals surface area (Å²) in [6.07, 6.45) is 0.979. The smallest absolute Gasteiger partial charge is 0.243 e. The maximum atomic E-state index is 12.0. The molecule has 0 bridgehead atoms. The summed E-state index contributed by atoms with van der Waals surface area (Å²) in [4.78, 5) is 12.0. The van der Waals surface area contributed by atoms with Crippen molar-refractivity contribution in [3.8, 4) is 11.5 Å². The van der Waals surface area contributed by atoms with Gasteiger partial charge in [0.1, 0.15) is 11.5 Å². The van der Waals surface area contributed by atoms with Crippen molar-refractivity contribution in [3.05, 3.63) is 48.0 Å². The molecule has 0 aliphatic heterocycles. The lowest BCUT2D eigenvalue weighted by Crippen LogP contribution is -2.21. The van der Waals surface area contributed by atoms with Gasteiger partial charge in [-0.25, -0.2) is 0 Å².